The van der Waals surface area contributed by atoms with E-state index in [4.69, 9.17) is 4.74 Å². The number of aryl methyl sites for hydroxylation is 1. The highest BCUT2D eigenvalue weighted by Crippen LogP contribution is 2.50. The maximum atomic E-state index is 12.4. The number of nitrogens with one attached hydrogen (secondary N) is 1. The van der Waals surface area contributed by atoms with Gasteiger partial charge in [-0.1, -0.05) is 50.2 Å². The Hall–Kier alpha value is -2.46. The lowest BCUT2D eigenvalue weighted by atomic mass is 9.86. The quantitative estimate of drug-likeness (QED) is 0.870. The Bertz CT molecular complexity index is 884. The Morgan fingerprint density at radius 3 is 2.52 bits per heavy atom. The van der Waals surface area contributed by atoms with Gasteiger partial charge < -0.3 is 4.74 Å². The van der Waals surface area contributed by atoms with Crippen LogP contribution in [0.4, 0.5) is 0 Å². The topological polar surface area (TPSA) is 55.4 Å². The van der Waals surface area contributed by atoms with Gasteiger partial charge in [-0.2, -0.15) is 0 Å². The summed E-state index contributed by atoms with van der Waals surface area (Å²) >= 11 is 0. The van der Waals surface area contributed by atoms with Crippen molar-refractivity contribution in [2.75, 3.05) is 0 Å². The number of amides is 2. The zero-order chi connectivity index (χ0) is 17.8. The molecule has 0 spiro atoms. The number of carbonyl (C=O) groups is 2. The van der Waals surface area contributed by atoms with E-state index in [0.29, 0.717) is 17.7 Å². The molecule has 1 atom stereocenters. The highest BCUT2D eigenvalue weighted by atomic mass is 16.5. The van der Waals surface area contributed by atoms with Crippen LogP contribution in [0, 0.1) is 12.3 Å². The first-order valence-corrected chi connectivity index (χ1v) is 8.56. The molecule has 4 rings (SSSR count). The summed E-state index contributed by atoms with van der Waals surface area (Å²) < 4.78 is 6.29. The maximum absolute atomic E-state index is 12.4. The van der Waals surface area contributed by atoms with E-state index in [-0.39, 0.29) is 23.3 Å². The number of benzene rings is 2. The molecule has 1 aliphatic carbocycles. The van der Waals surface area contributed by atoms with E-state index in [2.05, 4.69) is 19.2 Å². The van der Waals surface area contributed by atoms with Crippen LogP contribution < -0.4 is 5.32 Å². The van der Waals surface area contributed by atoms with Crippen LogP contribution in [0.25, 0.3) is 0 Å². The van der Waals surface area contributed by atoms with E-state index >= 15 is 0 Å². The monoisotopic (exact) mass is 335 g/mol. The highest BCUT2D eigenvalue weighted by molar-refractivity contribution is 6.23. The number of hydrogen-bond acceptors (Lipinski definition) is 3. The van der Waals surface area contributed by atoms with Crippen molar-refractivity contribution in [3.05, 3.63) is 69.8 Å². The second kappa shape index (κ2) is 5.53. The molecule has 1 heterocycles. The van der Waals surface area contributed by atoms with Crippen molar-refractivity contribution in [3.8, 4) is 0 Å². The fourth-order valence-electron chi connectivity index (χ4n) is 4.14. The van der Waals surface area contributed by atoms with Crippen LogP contribution in [-0.2, 0) is 17.8 Å². The number of hydrogen-bond donors (Lipinski definition) is 1. The number of ether oxygens (including phenoxy) is 1. The molecule has 1 N–H and O–H groups in total. The zero-order valence-electron chi connectivity index (χ0n) is 14.7. The van der Waals surface area contributed by atoms with Crippen LogP contribution in [0.2, 0.25) is 0 Å². The van der Waals surface area contributed by atoms with Crippen LogP contribution in [0.5, 0.6) is 0 Å². The minimum Gasteiger partial charge on any atom is -0.368 e. The lowest BCUT2D eigenvalue weighted by Gasteiger charge is -2.28. The van der Waals surface area contributed by atoms with Crippen LogP contribution in [0.3, 0.4) is 0 Å². The molecule has 25 heavy (non-hydrogen) atoms. The number of carbonyl (C=O) groups excluding carboxylic acids is 2. The van der Waals surface area contributed by atoms with E-state index in [1.807, 2.05) is 43.3 Å². The van der Waals surface area contributed by atoms with Crippen molar-refractivity contribution >= 4 is 11.8 Å². The first-order valence-electron chi connectivity index (χ1n) is 8.56. The molecule has 128 valence electrons. The Morgan fingerprint density at radius 1 is 1.12 bits per heavy atom. The zero-order valence-corrected chi connectivity index (χ0v) is 14.7. The van der Waals surface area contributed by atoms with Crippen LogP contribution in [0.1, 0.15) is 62.9 Å². The van der Waals surface area contributed by atoms with Crippen LogP contribution >= 0.6 is 0 Å². The molecule has 0 aromatic heterocycles. The minimum absolute atomic E-state index is 0.134. The summed E-state index contributed by atoms with van der Waals surface area (Å²) in [6.45, 7) is 6.67. The van der Waals surface area contributed by atoms with Gasteiger partial charge in [0.05, 0.1) is 23.8 Å². The van der Waals surface area contributed by atoms with E-state index in [0.717, 1.165) is 28.7 Å². The van der Waals surface area contributed by atoms with Gasteiger partial charge >= 0.3 is 0 Å². The summed E-state index contributed by atoms with van der Waals surface area (Å²) in [5.74, 6) is -0.599. The summed E-state index contributed by atoms with van der Waals surface area (Å²) in [4.78, 5) is 24.6. The fourth-order valence-corrected chi connectivity index (χ4v) is 4.14. The third-order valence-corrected chi connectivity index (χ3v) is 5.21. The van der Waals surface area contributed by atoms with Gasteiger partial charge in [0.15, 0.2) is 0 Å². The van der Waals surface area contributed by atoms with E-state index in [1.54, 1.807) is 0 Å². The average molecular weight is 335 g/mol. The molecule has 4 nitrogen and oxygen atoms in total. The molecule has 4 heteroatoms. The number of rotatable bonds is 3. The van der Waals surface area contributed by atoms with E-state index in [1.165, 1.54) is 0 Å². The fraction of sp³-hybridized carbons (Fsp3) is 0.333. The van der Waals surface area contributed by atoms with Crippen molar-refractivity contribution in [2.24, 2.45) is 5.41 Å². The Labute approximate surface area is 147 Å². The molecule has 2 aromatic carbocycles. The molecule has 1 aliphatic heterocycles. The maximum Gasteiger partial charge on any atom is 0.259 e. The molecule has 0 saturated carbocycles. The molecule has 0 saturated heterocycles. The summed E-state index contributed by atoms with van der Waals surface area (Å²) in [5, 5.41) is 2.44. The van der Waals surface area contributed by atoms with Gasteiger partial charge in [0.25, 0.3) is 11.8 Å². The molecule has 0 fully saturated rings. The van der Waals surface area contributed by atoms with Gasteiger partial charge in [0, 0.05) is 0 Å². The van der Waals surface area contributed by atoms with Crippen molar-refractivity contribution in [1.29, 1.82) is 0 Å². The summed E-state index contributed by atoms with van der Waals surface area (Å²) in [5.41, 5.74) is 4.85. The third kappa shape index (κ3) is 2.48. The van der Waals surface area contributed by atoms with Gasteiger partial charge in [-0.25, -0.2) is 0 Å². The SMILES string of the molecule is Cc1cc2c(c3c1C(=O)NC3=O)[C@H](OCc1ccccc1)C(C)(C)C2. The normalized spacial score (nSPS) is 20.4. The Morgan fingerprint density at radius 2 is 1.80 bits per heavy atom. The van der Waals surface area contributed by atoms with Crippen molar-refractivity contribution in [1.82, 2.24) is 5.32 Å². The third-order valence-electron chi connectivity index (χ3n) is 5.21. The lowest BCUT2D eigenvalue weighted by Crippen LogP contribution is -2.23. The van der Waals surface area contributed by atoms with Crippen molar-refractivity contribution < 1.29 is 14.3 Å². The average Bonchev–Trinajstić information content (AvgIpc) is 2.98. The standard InChI is InChI=1S/C21H21NO3/c1-12-9-14-10-21(2,3)18(25-11-13-7-5-4-6-8-13)16(14)17-15(12)19(23)22-20(17)24/h4-9,18H,10-11H2,1-3H3,(H,22,23,24)/t18-/m0/s1. The van der Waals surface area contributed by atoms with Crippen LogP contribution in [0.15, 0.2) is 36.4 Å². The lowest BCUT2D eigenvalue weighted by molar-refractivity contribution is -0.0271. The predicted molar refractivity (Wildman–Crippen MR) is 94.4 cm³/mol. The molecular formula is C21H21NO3. The molecular weight excluding hydrogens is 314 g/mol. The highest BCUT2D eigenvalue weighted by Gasteiger charge is 2.45. The number of fused-ring (bicyclic) bond motifs is 3. The molecule has 2 aromatic rings. The van der Waals surface area contributed by atoms with Gasteiger partial charge in [0.2, 0.25) is 0 Å². The van der Waals surface area contributed by atoms with Gasteiger partial charge in [-0.05, 0) is 41.0 Å². The number of imide groups is 1. The predicted octanol–water partition coefficient (Wildman–Crippen LogP) is 3.72. The molecule has 2 aliphatic rings. The van der Waals surface area contributed by atoms with E-state index in [9.17, 15) is 9.59 Å². The molecule has 0 bridgehead atoms. The molecule has 0 radical (unpaired) electrons. The smallest absolute Gasteiger partial charge is 0.259 e. The molecule has 0 unspecified atom stereocenters. The van der Waals surface area contributed by atoms with Gasteiger partial charge in [-0.15, -0.1) is 0 Å². The molecule has 2 amide bonds. The van der Waals surface area contributed by atoms with Gasteiger partial charge in [0.1, 0.15) is 0 Å². The first-order chi connectivity index (χ1) is 11.9. The largest absolute Gasteiger partial charge is 0.368 e. The Balaban J connectivity index is 1.78. The summed E-state index contributed by atoms with van der Waals surface area (Å²) in [6.07, 6.45) is 0.617. The van der Waals surface area contributed by atoms with Gasteiger partial charge in [-0.3, -0.25) is 14.9 Å². The van der Waals surface area contributed by atoms with E-state index < -0.39 is 0 Å². The second-order valence-corrected chi connectivity index (χ2v) is 7.64. The summed E-state index contributed by atoms with van der Waals surface area (Å²) in [6, 6.07) is 12.0. The summed E-state index contributed by atoms with van der Waals surface area (Å²) in [7, 11) is 0. The second-order valence-electron chi connectivity index (χ2n) is 7.64. The first kappa shape index (κ1) is 16.0. The van der Waals surface area contributed by atoms with Crippen molar-refractivity contribution in [3.63, 3.8) is 0 Å². The minimum atomic E-state index is -0.300. The Kier molecular flexibility index (Phi) is 3.55. The van der Waals surface area contributed by atoms with Crippen LogP contribution in [-0.4, -0.2) is 11.8 Å². The van der Waals surface area contributed by atoms with Crippen molar-refractivity contribution in [2.45, 2.75) is 39.9 Å².